The normalized spacial score (nSPS) is 10.9. The maximum Gasteiger partial charge on any atom is 0.158 e. The van der Waals surface area contributed by atoms with Crippen LogP contribution in [0.15, 0.2) is 12.1 Å². The van der Waals surface area contributed by atoms with Crippen molar-refractivity contribution in [2.45, 2.75) is 6.92 Å². The lowest BCUT2D eigenvalue weighted by molar-refractivity contribution is 0.776. The molecule has 3 nitrogen and oxygen atoms in total. The van der Waals surface area contributed by atoms with Crippen molar-refractivity contribution in [3.05, 3.63) is 21.5 Å². The summed E-state index contributed by atoms with van der Waals surface area (Å²) in [5, 5.41) is 5.40. The Morgan fingerprint density at radius 3 is 2.92 bits per heavy atom. The highest BCUT2D eigenvalue weighted by molar-refractivity contribution is 14.1. The molecule has 2 aromatic heterocycles. The van der Waals surface area contributed by atoms with Gasteiger partial charge in [-0.25, -0.2) is 9.67 Å². The van der Waals surface area contributed by atoms with E-state index in [1.54, 1.807) is 0 Å². The number of halogens is 1. The third-order valence-electron chi connectivity index (χ3n) is 1.78. The van der Waals surface area contributed by atoms with Crippen molar-refractivity contribution >= 4 is 33.6 Å². The van der Waals surface area contributed by atoms with E-state index >= 15 is 0 Å². The Balaban J connectivity index is 2.90. The molecule has 12 heavy (non-hydrogen) atoms. The Morgan fingerprint density at radius 2 is 2.17 bits per heavy atom. The van der Waals surface area contributed by atoms with Gasteiger partial charge in [0.1, 0.15) is 3.70 Å². The molecule has 0 amide bonds. The topological polar surface area (TPSA) is 30.7 Å². The highest BCUT2D eigenvalue weighted by Crippen LogP contribution is 2.17. The highest BCUT2D eigenvalue weighted by atomic mass is 127. The molecule has 62 valence electrons. The molecule has 2 rings (SSSR count). The second-order valence-corrected chi connectivity index (χ2v) is 3.76. The number of aromatic nitrogens is 3. The summed E-state index contributed by atoms with van der Waals surface area (Å²) in [7, 11) is 1.91. The Morgan fingerprint density at radius 1 is 1.42 bits per heavy atom. The predicted molar refractivity (Wildman–Crippen MR) is 56.0 cm³/mol. The minimum atomic E-state index is 0.958. The van der Waals surface area contributed by atoms with Gasteiger partial charge in [-0.15, -0.1) is 0 Å². The number of hydrogen-bond donors (Lipinski definition) is 0. The fraction of sp³-hybridized carbons (Fsp3) is 0.250. The summed E-state index contributed by atoms with van der Waals surface area (Å²) in [6, 6.07) is 4.07. The number of fused-ring (bicyclic) bond motifs is 1. The van der Waals surface area contributed by atoms with Gasteiger partial charge in [-0.2, -0.15) is 5.10 Å². The molecule has 0 aliphatic rings. The van der Waals surface area contributed by atoms with Gasteiger partial charge in [-0.1, -0.05) is 0 Å². The van der Waals surface area contributed by atoms with E-state index in [9.17, 15) is 0 Å². The van der Waals surface area contributed by atoms with Crippen LogP contribution in [0.1, 0.15) is 5.69 Å². The van der Waals surface area contributed by atoms with E-state index in [0.717, 1.165) is 20.4 Å². The van der Waals surface area contributed by atoms with Gasteiger partial charge >= 0.3 is 0 Å². The lowest BCUT2D eigenvalue weighted by atomic mass is 10.3. The van der Waals surface area contributed by atoms with Crippen molar-refractivity contribution in [2.75, 3.05) is 0 Å². The third kappa shape index (κ3) is 1.10. The van der Waals surface area contributed by atoms with Crippen LogP contribution in [0.3, 0.4) is 0 Å². The van der Waals surface area contributed by atoms with Gasteiger partial charge in [0, 0.05) is 12.7 Å². The average Bonchev–Trinajstić information content (AvgIpc) is 2.28. The third-order valence-corrected chi connectivity index (χ3v) is 2.58. The first-order valence-electron chi connectivity index (χ1n) is 3.64. The Hall–Kier alpha value is -0.650. The average molecular weight is 273 g/mol. The summed E-state index contributed by atoms with van der Waals surface area (Å²) in [5.41, 5.74) is 1.99. The van der Waals surface area contributed by atoms with Crippen molar-refractivity contribution in [1.29, 1.82) is 0 Å². The zero-order valence-corrected chi connectivity index (χ0v) is 9.03. The quantitative estimate of drug-likeness (QED) is 0.686. The standard InChI is InChI=1S/C8H8IN3/c1-5-3-4-6-7(9)11-12(2)8(6)10-5/h3-4H,1-2H3. The molecule has 0 saturated heterocycles. The van der Waals surface area contributed by atoms with Gasteiger partial charge in [0.2, 0.25) is 0 Å². The first-order chi connectivity index (χ1) is 5.68. The lowest BCUT2D eigenvalue weighted by Crippen LogP contribution is -1.92. The fourth-order valence-electron chi connectivity index (χ4n) is 1.18. The summed E-state index contributed by atoms with van der Waals surface area (Å²) in [6.07, 6.45) is 0. The Bertz CT molecular complexity index is 433. The van der Waals surface area contributed by atoms with Gasteiger partial charge < -0.3 is 0 Å². The summed E-state index contributed by atoms with van der Waals surface area (Å²) < 4.78 is 2.82. The highest BCUT2D eigenvalue weighted by Gasteiger charge is 2.05. The molecule has 0 aliphatic carbocycles. The van der Waals surface area contributed by atoms with Crippen molar-refractivity contribution in [1.82, 2.24) is 14.8 Å². The second kappa shape index (κ2) is 2.69. The molecule has 0 unspecified atom stereocenters. The molecule has 0 atom stereocenters. The molecular weight excluding hydrogens is 265 g/mol. The fourth-order valence-corrected chi connectivity index (χ4v) is 1.93. The minimum absolute atomic E-state index is 0.958. The van der Waals surface area contributed by atoms with E-state index in [-0.39, 0.29) is 0 Å². The van der Waals surface area contributed by atoms with E-state index in [2.05, 4.69) is 38.7 Å². The molecule has 2 aromatic rings. The number of pyridine rings is 1. The van der Waals surface area contributed by atoms with Crippen LogP contribution in [0, 0.1) is 10.6 Å². The van der Waals surface area contributed by atoms with Crippen LogP contribution in [0.5, 0.6) is 0 Å². The van der Waals surface area contributed by atoms with Gasteiger partial charge in [0.25, 0.3) is 0 Å². The molecule has 2 heterocycles. The number of aryl methyl sites for hydroxylation is 2. The molecule has 0 saturated carbocycles. The predicted octanol–water partition coefficient (Wildman–Crippen LogP) is 1.88. The van der Waals surface area contributed by atoms with Crippen molar-refractivity contribution < 1.29 is 0 Å². The van der Waals surface area contributed by atoms with E-state index < -0.39 is 0 Å². The monoisotopic (exact) mass is 273 g/mol. The molecule has 0 spiro atoms. The summed E-state index contributed by atoms with van der Waals surface area (Å²) in [6.45, 7) is 1.99. The van der Waals surface area contributed by atoms with E-state index in [1.165, 1.54) is 0 Å². The minimum Gasteiger partial charge on any atom is -0.249 e. The number of nitrogens with zero attached hydrogens (tertiary/aromatic N) is 3. The molecule has 4 heteroatoms. The first-order valence-corrected chi connectivity index (χ1v) is 4.72. The van der Waals surface area contributed by atoms with Crippen LogP contribution >= 0.6 is 22.6 Å². The number of hydrogen-bond acceptors (Lipinski definition) is 2. The van der Waals surface area contributed by atoms with E-state index in [0.29, 0.717) is 0 Å². The zero-order chi connectivity index (χ0) is 8.72. The molecule has 0 bridgehead atoms. The molecular formula is C8H8IN3. The van der Waals surface area contributed by atoms with Crippen LogP contribution in [0.2, 0.25) is 0 Å². The van der Waals surface area contributed by atoms with E-state index in [1.807, 2.05) is 24.7 Å². The van der Waals surface area contributed by atoms with Crippen LogP contribution in [0.25, 0.3) is 11.0 Å². The number of rotatable bonds is 0. The van der Waals surface area contributed by atoms with Crippen LogP contribution in [-0.4, -0.2) is 14.8 Å². The summed E-state index contributed by atoms with van der Waals surface area (Å²) >= 11 is 2.22. The van der Waals surface area contributed by atoms with Crippen LogP contribution in [0.4, 0.5) is 0 Å². The summed E-state index contributed by atoms with van der Waals surface area (Å²) in [4.78, 5) is 4.39. The van der Waals surface area contributed by atoms with Gasteiger partial charge in [0.05, 0.1) is 5.39 Å². The first kappa shape index (κ1) is 7.97. The van der Waals surface area contributed by atoms with Gasteiger partial charge in [-0.05, 0) is 41.6 Å². The zero-order valence-electron chi connectivity index (χ0n) is 6.87. The largest absolute Gasteiger partial charge is 0.249 e. The van der Waals surface area contributed by atoms with Gasteiger partial charge in [0.15, 0.2) is 5.65 Å². The molecule has 0 fully saturated rings. The Labute approximate surface area is 83.9 Å². The maximum absolute atomic E-state index is 4.39. The van der Waals surface area contributed by atoms with Crippen molar-refractivity contribution in [3.8, 4) is 0 Å². The molecule has 0 aliphatic heterocycles. The molecule has 0 N–H and O–H groups in total. The smallest absolute Gasteiger partial charge is 0.158 e. The summed E-state index contributed by atoms with van der Waals surface area (Å²) in [5.74, 6) is 0. The second-order valence-electron chi connectivity index (χ2n) is 2.74. The lowest BCUT2D eigenvalue weighted by Gasteiger charge is -1.93. The van der Waals surface area contributed by atoms with E-state index in [4.69, 9.17) is 0 Å². The SMILES string of the molecule is Cc1ccc2c(I)nn(C)c2n1. The van der Waals surface area contributed by atoms with Crippen molar-refractivity contribution in [2.24, 2.45) is 7.05 Å². The Kier molecular flexibility index (Phi) is 1.79. The van der Waals surface area contributed by atoms with Crippen LogP contribution in [-0.2, 0) is 7.05 Å². The van der Waals surface area contributed by atoms with Crippen LogP contribution < -0.4 is 0 Å². The van der Waals surface area contributed by atoms with Gasteiger partial charge in [-0.3, -0.25) is 0 Å². The van der Waals surface area contributed by atoms with Crippen molar-refractivity contribution in [3.63, 3.8) is 0 Å². The molecule has 0 radical (unpaired) electrons. The molecule has 0 aromatic carbocycles. The maximum atomic E-state index is 4.39.